The molecule has 2 unspecified atom stereocenters. The van der Waals surface area contributed by atoms with Gasteiger partial charge in [-0.05, 0) is 79.3 Å². The topological polar surface area (TPSA) is 93.1 Å². The molecule has 0 saturated heterocycles. The molecule has 0 aromatic heterocycles. The summed E-state index contributed by atoms with van der Waals surface area (Å²) in [4.78, 5) is 0. The quantitative estimate of drug-likeness (QED) is 0.216. The Labute approximate surface area is 293 Å². The van der Waals surface area contributed by atoms with Crippen LogP contribution >= 0.6 is 16.1 Å². The van der Waals surface area contributed by atoms with Crippen molar-refractivity contribution in [2.24, 2.45) is 0 Å². The zero-order valence-corrected chi connectivity index (χ0v) is 30.7. The van der Waals surface area contributed by atoms with E-state index in [9.17, 15) is 19.3 Å². The number of benzene rings is 2. The van der Waals surface area contributed by atoms with Crippen LogP contribution in [0.5, 0.6) is 11.5 Å². The van der Waals surface area contributed by atoms with Crippen LogP contribution in [0.15, 0.2) is 24.3 Å². The molecule has 2 aromatic carbocycles. The van der Waals surface area contributed by atoms with Crippen molar-refractivity contribution >= 4 is 53.8 Å². The summed E-state index contributed by atoms with van der Waals surface area (Å²) in [5.41, 5.74) is 4.94. The van der Waals surface area contributed by atoms with Crippen LogP contribution in [0.1, 0.15) is 130 Å². The molecule has 244 valence electrons. The van der Waals surface area contributed by atoms with E-state index in [0.29, 0.717) is 37.0 Å². The van der Waals surface area contributed by atoms with Crippen molar-refractivity contribution in [1.82, 2.24) is 0 Å². The van der Waals surface area contributed by atoms with Gasteiger partial charge in [0, 0.05) is 12.3 Å². The summed E-state index contributed by atoms with van der Waals surface area (Å²) in [6.45, 7) is 29.3. The molecule has 0 aliphatic carbocycles. The molecule has 2 aromatic rings. The average molecular weight is 667 g/mol. The third-order valence-corrected chi connectivity index (χ3v) is 9.04. The third kappa shape index (κ3) is 13.5. The van der Waals surface area contributed by atoms with Crippen molar-refractivity contribution in [3.8, 4) is 11.5 Å². The molecule has 0 heterocycles. The van der Waals surface area contributed by atoms with Crippen LogP contribution in [-0.2, 0) is 53.1 Å². The molecule has 0 spiro atoms. The van der Waals surface area contributed by atoms with Gasteiger partial charge in [-0.25, -0.2) is 0 Å². The van der Waals surface area contributed by atoms with Crippen molar-refractivity contribution in [1.29, 1.82) is 0 Å². The van der Waals surface area contributed by atoms with E-state index in [2.05, 4.69) is 83.1 Å². The van der Waals surface area contributed by atoms with E-state index in [1.54, 1.807) is 0 Å². The standard InChI is InChI=1S/2C17H29O3P.Ca.2H/c2*1-8-21(19)20-11-12-9-13(16(2,3)4)15(18)14(10-12)17(5,6)7;;;/h2*9-10,18,21H,8,11H2,1-7H3;;;. The minimum absolute atomic E-state index is 0. The molecule has 0 bridgehead atoms. The molecule has 0 saturated carbocycles. The zero-order chi connectivity index (χ0) is 32.8. The summed E-state index contributed by atoms with van der Waals surface area (Å²) in [6.07, 6.45) is 1.11. The Morgan fingerprint density at radius 3 is 0.907 bits per heavy atom. The van der Waals surface area contributed by atoms with Crippen LogP contribution in [0.25, 0.3) is 0 Å². The molecule has 43 heavy (non-hydrogen) atoms. The number of phenols is 2. The first-order chi connectivity index (χ1) is 18.9. The van der Waals surface area contributed by atoms with E-state index >= 15 is 0 Å². The van der Waals surface area contributed by atoms with Gasteiger partial charge >= 0.3 is 37.7 Å². The maximum atomic E-state index is 11.5. The zero-order valence-electron chi connectivity index (χ0n) is 28.7. The number of hydrogen-bond acceptors (Lipinski definition) is 6. The van der Waals surface area contributed by atoms with E-state index in [1.807, 2.05) is 38.1 Å². The van der Waals surface area contributed by atoms with Gasteiger partial charge < -0.3 is 19.3 Å². The number of hydrogen-bond donors (Lipinski definition) is 2. The second kappa shape index (κ2) is 17.0. The summed E-state index contributed by atoms with van der Waals surface area (Å²) in [6, 6.07) is 7.87. The summed E-state index contributed by atoms with van der Waals surface area (Å²) in [5.74, 6) is 0.726. The van der Waals surface area contributed by atoms with Crippen LogP contribution < -0.4 is 0 Å². The first-order valence-electron chi connectivity index (χ1n) is 15.0. The molecular formula is C34H60CaO6P2. The fraction of sp³-hybridized carbons (Fsp3) is 0.647. The summed E-state index contributed by atoms with van der Waals surface area (Å²) in [5, 5.41) is 21.2. The molecule has 0 aliphatic rings. The average Bonchev–Trinajstić information content (AvgIpc) is 2.84. The Kier molecular flexibility index (Phi) is 16.9. The molecule has 6 nitrogen and oxygen atoms in total. The molecule has 2 rings (SSSR count). The SMILES string of the molecule is CC[PH](=O)OCc1cc(C(C)(C)C)c(O)c(C(C)(C)C)c1.CC[PH](=O)OCc1cc(C(C)(C)C)c(O)c(C(C)(C)C)c1.[CaH2]. The molecule has 2 N–H and O–H groups in total. The molecule has 0 aliphatic heterocycles. The maximum absolute atomic E-state index is 11.5. The fourth-order valence-electron chi connectivity index (χ4n) is 4.37. The number of rotatable bonds is 8. The Balaban J connectivity index is 0.000000802. The van der Waals surface area contributed by atoms with Gasteiger partial charge in [-0.2, -0.15) is 0 Å². The van der Waals surface area contributed by atoms with Crippen LogP contribution in [-0.4, -0.2) is 60.3 Å². The van der Waals surface area contributed by atoms with Gasteiger partial charge in [0.1, 0.15) is 11.5 Å². The van der Waals surface area contributed by atoms with Crippen molar-refractivity contribution in [3.63, 3.8) is 0 Å². The monoisotopic (exact) mass is 666 g/mol. The first-order valence-corrected chi connectivity index (χ1v) is 18.0. The fourth-order valence-corrected chi connectivity index (χ4v) is 5.44. The van der Waals surface area contributed by atoms with Gasteiger partial charge in [0.05, 0.1) is 13.2 Å². The third-order valence-electron chi connectivity index (χ3n) is 6.95. The first kappa shape index (κ1) is 42.7. The molecule has 0 fully saturated rings. The van der Waals surface area contributed by atoms with Crippen molar-refractivity contribution in [2.45, 2.75) is 132 Å². The number of aromatic hydroxyl groups is 2. The van der Waals surface area contributed by atoms with Crippen LogP contribution in [0, 0.1) is 0 Å². The molecular weight excluding hydrogens is 606 g/mol. The molecule has 9 heteroatoms. The van der Waals surface area contributed by atoms with E-state index in [-0.39, 0.29) is 59.4 Å². The van der Waals surface area contributed by atoms with Crippen molar-refractivity contribution in [3.05, 3.63) is 57.6 Å². The normalized spacial score (nSPS) is 13.9. The Morgan fingerprint density at radius 1 is 0.535 bits per heavy atom. The summed E-state index contributed by atoms with van der Waals surface area (Å²) in [7, 11) is -3.89. The molecule has 0 amide bonds. The van der Waals surface area contributed by atoms with E-state index in [1.165, 1.54) is 0 Å². The second-order valence-corrected chi connectivity index (χ2v) is 18.6. The van der Waals surface area contributed by atoms with Crippen LogP contribution in [0.3, 0.4) is 0 Å². The van der Waals surface area contributed by atoms with Gasteiger partial charge in [-0.15, -0.1) is 0 Å². The summed E-state index contributed by atoms with van der Waals surface area (Å²) < 4.78 is 33.9. The van der Waals surface area contributed by atoms with Gasteiger partial charge in [0.2, 0.25) is 0 Å². The van der Waals surface area contributed by atoms with Gasteiger partial charge in [-0.3, -0.25) is 9.13 Å². The van der Waals surface area contributed by atoms with E-state index in [0.717, 1.165) is 33.4 Å². The summed E-state index contributed by atoms with van der Waals surface area (Å²) >= 11 is 0. The molecule has 2 atom stereocenters. The Bertz CT molecular complexity index is 1080. The minimum atomic E-state index is -1.94. The molecule has 0 radical (unpaired) electrons. The van der Waals surface area contributed by atoms with E-state index < -0.39 is 16.1 Å². The van der Waals surface area contributed by atoms with Gasteiger partial charge in [-0.1, -0.05) is 96.9 Å². The Hall–Kier alpha value is -0.320. The second-order valence-electron chi connectivity index (χ2n) is 15.1. The Morgan fingerprint density at radius 2 is 0.744 bits per heavy atom. The van der Waals surface area contributed by atoms with E-state index in [4.69, 9.17) is 9.05 Å². The predicted octanol–water partition coefficient (Wildman–Crippen LogP) is 9.08. The van der Waals surface area contributed by atoms with Crippen LogP contribution in [0.4, 0.5) is 0 Å². The van der Waals surface area contributed by atoms with Gasteiger partial charge in [0.25, 0.3) is 0 Å². The van der Waals surface area contributed by atoms with Crippen molar-refractivity contribution < 1.29 is 28.4 Å². The van der Waals surface area contributed by atoms with Crippen molar-refractivity contribution in [2.75, 3.05) is 12.3 Å². The predicted molar refractivity (Wildman–Crippen MR) is 188 cm³/mol. The number of phenolic OH excluding ortho intramolecular Hbond substituents is 2. The van der Waals surface area contributed by atoms with Gasteiger partial charge in [0.15, 0.2) is 16.1 Å². The van der Waals surface area contributed by atoms with Crippen LogP contribution in [0.2, 0.25) is 0 Å².